The lowest BCUT2D eigenvalue weighted by Gasteiger charge is -2.27. The molecule has 252 valence electrons. The van der Waals surface area contributed by atoms with Crippen LogP contribution < -0.4 is 9.80 Å². The molecule has 0 radical (unpaired) electrons. The van der Waals surface area contributed by atoms with Crippen LogP contribution in [-0.2, 0) is 12.8 Å². The van der Waals surface area contributed by atoms with Gasteiger partial charge >= 0.3 is 0 Å². The SMILES string of the molecule is C=Cc1ccc(N(c2cccc(CC)c2)c2ccc3c4ccc(N(c5ccc(C=C)cc5)c5cccc(CC)c5)cc4c4ccccc4c3c2)cc1. The normalized spacial score (nSPS) is 11.2. The molecule has 2 heteroatoms. The molecule has 8 rings (SSSR count). The van der Waals surface area contributed by atoms with E-state index in [1.165, 1.54) is 43.4 Å². The van der Waals surface area contributed by atoms with Gasteiger partial charge in [-0.1, -0.05) is 124 Å². The molecule has 0 spiro atoms. The second-order valence-corrected chi connectivity index (χ2v) is 13.3. The van der Waals surface area contributed by atoms with Gasteiger partial charge in [0, 0.05) is 34.1 Å². The van der Waals surface area contributed by atoms with Crippen LogP contribution in [-0.4, -0.2) is 0 Å². The van der Waals surface area contributed by atoms with E-state index in [0.29, 0.717) is 0 Å². The maximum absolute atomic E-state index is 3.97. The quantitative estimate of drug-likeness (QED) is 0.134. The van der Waals surface area contributed by atoms with E-state index < -0.39 is 0 Å². The van der Waals surface area contributed by atoms with Crippen molar-refractivity contribution in [2.75, 3.05) is 9.80 Å². The first-order valence-electron chi connectivity index (χ1n) is 18.2. The number of nitrogens with zero attached hydrogens (tertiary/aromatic N) is 2. The fourth-order valence-electron chi connectivity index (χ4n) is 7.46. The molecule has 0 saturated carbocycles. The minimum absolute atomic E-state index is 0.981. The van der Waals surface area contributed by atoms with Gasteiger partial charge in [-0.2, -0.15) is 0 Å². The summed E-state index contributed by atoms with van der Waals surface area (Å²) in [5.41, 5.74) is 11.6. The van der Waals surface area contributed by atoms with E-state index in [1.54, 1.807) is 0 Å². The smallest absolute Gasteiger partial charge is 0.0468 e. The van der Waals surface area contributed by atoms with Gasteiger partial charge in [-0.3, -0.25) is 0 Å². The van der Waals surface area contributed by atoms with Crippen molar-refractivity contribution in [3.63, 3.8) is 0 Å². The van der Waals surface area contributed by atoms with Gasteiger partial charge in [-0.05, 0) is 140 Å². The standard InChI is InChI=1S/C50H42N2/c1-5-35-19-23-39(24-20-35)51(41-15-11-13-37(7-3)31-41)43-27-29-47-48-30-28-44(34-50(48)46-18-10-9-17-45(46)49(47)33-43)52(40-25-21-36(6-2)22-26-40)42-16-12-14-38(8-4)32-42/h5-6,9-34H,1-2,7-8H2,3-4H3. The Kier molecular flexibility index (Phi) is 8.89. The summed E-state index contributed by atoms with van der Waals surface area (Å²) < 4.78 is 0. The zero-order chi connectivity index (χ0) is 35.6. The van der Waals surface area contributed by atoms with E-state index >= 15 is 0 Å². The Balaban J connectivity index is 1.33. The van der Waals surface area contributed by atoms with Crippen LogP contribution in [0.25, 0.3) is 44.5 Å². The van der Waals surface area contributed by atoms with Crippen molar-refractivity contribution in [3.05, 3.63) is 193 Å². The van der Waals surface area contributed by atoms with Gasteiger partial charge in [-0.25, -0.2) is 0 Å². The average molecular weight is 671 g/mol. The highest BCUT2D eigenvalue weighted by Gasteiger charge is 2.18. The van der Waals surface area contributed by atoms with Gasteiger partial charge in [0.2, 0.25) is 0 Å². The van der Waals surface area contributed by atoms with Crippen LogP contribution in [0.3, 0.4) is 0 Å². The maximum Gasteiger partial charge on any atom is 0.0468 e. The van der Waals surface area contributed by atoms with Crippen LogP contribution in [0.5, 0.6) is 0 Å². The van der Waals surface area contributed by atoms with Crippen molar-refractivity contribution in [1.82, 2.24) is 0 Å². The molecular formula is C50H42N2. The van der Waals surface area contributed by atoms with Gasteiger partial charge in [0.25, 0.3) is 0 Å². The Morgan fingerprint density at radius 1 is 0.365 bits per heavy atom. The van der Waals surface area contributed by atoms with Crippen molar-refractivity contribution >= 4 is 78.6 Å². The lowest BCUT2D eigenvalue weighted by molar-refractivity contribution is 1.13. The molecule has 0 fully saturated rings. The Morgan fingerprint density at radius 3 is 1.12 bits per heavy atom. The number of fused-ring (bicyclic) bond motifs is 6. The summed E-state index contributed by atoms with van der Waals surface area (Å²) in [7, 11) is 0. The molecule has 0 aliphatic carbocycles. The number of rotatable bonds is 10. The van der Waals surface area contributed by atoms with Crippen molar-refractivity contribution < 1.29 is 0 Å². The molecule has 52 heavy (non-hydrogen) atoms. The van der Waals surface area contributed by atoms with Crippen LogP contribution in [0, 0.1) is 0 Å². The number of anilines is 6. The largest absolute Gasteiger partial charge is 0.310 e. The Labute approximate surface area is 307 Å². The topological polar surface area (TPSA) is 6.48 Å². The number of hydrogen-bond donors (Lipinski definition) is 0. The maximum atomic E-state index is 3.97. The Morgan fingerprint density at radius 2 is 0.731 bits per heavy atom. The summed E-state index contributed by atoms with van der Waals surface area (Å²) >= 11 is 0. The monoisotopic (exact) mass is 670 g/mol. The molecule has 0 unspecified atom stereocenters. The van der Waals surface area contributed by atoms with Crippen molar-refractivity contribution in [1.29, 1.82) is 0 Å². The van der Waals surface area contributed by atoms with E-state index in [4.69, 9.17) is 0 Å². The lowest BCUT2D eigenvalue weighted by atomic mass is 9.93. The van der Waals surface area contributed by atoms with Crippen molar-refractivity contribution in [3.8, 4) is 0 Å². The van der Waals surface area contributed by atoms with E-state index in [9.17, 15) is 0 Å². The summed E-state index contributed by atoms with van der Waals surface area (Å²) in [4.78, 5) is 4.74. The molecule has 0 heterocycles. The molecule has 0 amide bonds. The van der Waals surface area contributed by atoms with Gasteiger partial charge < -0.3 is 9.80 Å². The average Bonchev–Trinajstić information content (AvgIpc) is 3.22. The van der Waals surface area contributed by atoms with Gasteiger partial charge in [0.1, 0.15) is 0 Å². The van der Waals surface area contributed by atoms with Gasteiger partial charge in [0.05, 0.1) is 0 Å². The molecule has 0 saturated heterocycles. The zero-order valence-corrected chi connectivity index (χ0v) is 29.9. The highest BCUT2D eigenvalue weighted by atomic mass is 15.1. The highest BCUT2D eigenvalue weighted by molar-refractivity contribution is 6.26. The Bertz CT molecular complexity index is 2380. The third-order valence-electron chi connectivity index (χ3n) is 10.2. The predicted octanol–water partition coefficient (Wildman–Crippen LogP) is 14.5. The third kappa shape index (κ3) is 6.03. The van der Waals surface area contributed by atoms with E-state index in [2.05, 4.69) is 195 Å². The van der Waals surface area contributed by atoms with Crippen LogP contribution in [0.2, 0.25) is 0 Å². The molecular weight excluding hydrogens is 629 g/mol. The van der Waals surface area contributed by atoms with Crippen LogP contribution >= 0.6 is 0 Å². The van der Waals surface area contributed by atoms with Crippen LogP contribution in [0.15, 0.2) is 171 Å². The minimum Gasteiger partial charge on any atom is -0.310 e. The summed E-state index contributed by atoms with van der Waals surface area (Å²) in [5, 5.41) is 7.43. The molecule has 8 aromatic carbocycles. The van der Waals surface area contributed by atoms with Gasteiger partial charge in [0.15, 0.2) is 0 Å². The molecule has 0 N–H and O–H groups in total. The number of hydrogen-bond acceptors (Lipinski definition) is 2. The van der Waals surface area contributed by atoms with E-state index in [0.717, 1.165) is 58.1 Å². The first-order valence-corrected chi connectivity index (χ1v) is 18.2. The summed E-state index contributed by atoms with van der Waals surface area (Å²) in [6, 6.07) is 57.8. The fraction of sp³-hybridized carbons (Fsp3) is 0.0800. The van der Waals surface area contributed by atoms with E-state index in [1.807, 2.05) is 12.2 Å². The second-order valence-electron chi connectivity index (χ2n) is 13.3. The molecule has 0 atom stereocenters. The molecule has 0 bridgehead atoms. The summed E-state index contributed by atoms with van der Waals surface area (Å²) in [5.74, 6) is 0. The first kappa shape index (κ1) is 32.8. The first-order chi connectivity index (χ1) is 25.6. The highest BCUT2D eigenvalue weighted by Crippen LogP contribution is 2.43. The van der Waals surface area contributed by atoms with Gasteiger partial charge in [-0.15, -0.1) is 0 Å². The molecule has 0 aliphatic rings. The van der Waals surface area contributed by atoms with Crippen molar-refractivity contribution in [2.45, 2.75) is 26.7 Å². The zero-order valence-electron chi connectivity index (χ0n) is 29.9. The lowest BCUT2D eigenvalue weighted by Crippen LogP contribution is -2.10. The third-order valence-corrected chi connectivity index (χ3v) is 10.2. The summed E-state index contributed by atoms with van der Waals surface area (Å²) in [6.45, 7) is 12.4. The van der Waals surface area contributed by atoms with Crippen molar-refractivity contribution in [2.24, 2.45) is 0 Å². The number of aryl methyl sites for hydroxylation is 2. The fourth-order valence-corrected chi connectivity index (χ4v) is 7.46. The van der Waals surface area contributed by atoms with Crippen LogP contribution in [0.1, 0.15) is 36.1 Å². The molecule has 0 aromatic heterocycles. The molecule has 0 aliphatic heterocycles. The van der Waals surface area contributed by atoms with Crippen LogP contribution in [0.4, 0.5) is 34.1 Å². The molecule has 2 nitrogen and oxygen atoms in total. The second kappa shape index (κ2) is 14.1. The Hall–Kier alpha value is -6.38. The minimum atomic E-state index is 0.981. The molecule has 8 aromatic rings. The predicted molar refractivity (Wildman–Crippen MR) is 227 cm³/mol. The number of benzene rings is 8. The summed E-state index contributed by atoms with van der Waals surface area (Å²) in [6.07, 6.45) is 5.75. The van der Waals surface area contributed by atoms with E-state index in [-0.39, 0.29) is 0 Å².